The number of likely N-dealkylation sites (N-methyl/N-ethyl adjacent to an activating group) is 1. The van der Waals surface area contributed by atoms with E-state index in [-0.39, 0.29) is 0 Å². The monoisotopic (exact) mass is 286 g/mol. The van der Waals surface area contributed by atoms with E-state index in [1.807, 2.05) is 14.1 Å². The molecule has 5 nitrogen and oxygen atoms in total. The molecule has 1 atom stereocenters. The molecule has 1 aliphatic rings. The van der Waals surface area contributed by atoms with E-state index in [1.165, 1.54) is 0 Å². The fourth-order valence-electron chi connectivity index (χ4n) is 1.78. The maximum atomic E-state index is 5.38. The largest absolute Gasteiger partial charge is 0.379 e. The fourth-order valence-corrected chi connectivity index (χ4v) is 2.46. The summed E-state index contributed by atoms with van der Waals surface area (Å²) in [5.74, 6) is 1.70. The van der Waals surface area contributed by atoms with Crippen LogP contribution in [0, 0.1) is 0 Å². The third-order valence-electron chi connectivity index (χ3n) is 2.80. The van der Waals surface area contributed by atoms with Crippen LogP contribution in [0.2, 0.25) is 0 Å². The number of hydrogen-bond donors (Lipinski definition) is 1. The van der Waals surface area contributed by atoms with Crippen LogP contribution < -0.4 is 10.2 Å². The summed E-state index contributed by atoms with van der Waals surface area (Å²) in [6.45, 7) is 1.60. The molecule has 6 heteroatoms. The Balaban J connectivity index is 2.25. The lowest BCUT2D eigenvalue weighted by atomic mass is 10.2. The average Bonchev–Trinajstić information content (AvgIpc) is 2.82. The SMILES string of the molecule is CNc1ncnc(N(C)C2CCOC2)c1Br. The van der Waals surface area contributed by atoms with Crippen molar-refractivity contribution in [3.8, 4) is 0 Å². The first-order valence-corrected chi connectivity index (χ1v) is 6.02. The van der Waals surface area contributed by atoms with Gasteiger partial charge in [-0.05, 0) is 22.4 Å². The maximum Gasteiger partial charge on any atom is 0.148 e. The average molecular weight is 287 g/mol. The van der Waals surface area contributed by atoms with Crippen molar-refractivity contribution in [2.24, 2.45) is 0 Å². The number of anilines is 2. The summed E-state index contributed by atoms with van der Waals surface area (Å²) in [6, 6.07) is 0.399. The van der Waals surface area contributed by atoms with Gasteiger partial charge in [0.1, 0.15) is 22.4 Å². The summed E-state index contributed by atoms with van der Waals surface area (Å²) >= 11 is 3.52. The van der Waals surface area contributed by atoms with Gasteiger partial charge in [0.05, 0.1) is 12.6 Å². The predicted molar refractivity (Wildman–Crippen MR) is 66.9 cm³/mol. The van der Waals surface area contributed by atoms with Gasteiger partial charge in [-0.1, -0.05) is 0 Å². The highest BCUT2D eigenvalue weighted by atomic mass is 79.9. The first kappa shape index (κ1) is 11.6. The zero-order valence-corrected chi connectivity index (χ0v) is 11.0. The number of nitrogens with one attached hydrogen (secondary N) is 1. The number of halogens is 1. The van der Waals surface area contributed by atoms with Gasteiger partial charge in [0, 0.05) is 20.7 Å². The van der Waals surface area contributed by atoms with Crippen LogP contribution in [0.3, 0.4) is 0 Å². The van der Waals surface area contributed by atoms with Gasteiger partial charge in [-0.15, -0.1) is 0 Å². The highest BCUT2D eigenvalue weighted by molar-refractivity contribution is 9.10. The summed E-state index contributed by atoms with van der Waals surface area (Å²) < 4.78 is 6.28. The first-order chi connectivity index (χ1) is 7.74. The molecule has 1 fully saturated rings. The molecular weight excluding hydrogens is 272 g/mol. The standard InChI is InChI=1S/C10H15BrN4O/c1-12-9-8(11)10(14-6-13-9)15(2)7-3-4-16-5-7/h6-7H,3-5H2,1-2H3,(H,12,13,14). The molecule has 0 aliphatic carbocycles. The molecule has 2 rings (SSSR count). The van der Waals surface area contributed by atoms with Crippen molar-refractivity contribution in [3.63, 3.8) is 0 Å². The summed E-state index contributed by atoms with van der Waals surface area (Å²) in [5, 5.41) is 3.03. The zero-order chi connectivity index (χ0) is 11.5. The molecule has 0 aromatic carbocycles. The molecule has 0 spiro atoms. The van der Waals surface area contributed by atoms with E-state index in [0.29, 0.717) is 6.04 Å². The molecule has 0 bridgehead atoms. The number of ether oxygens (including phenoxy) is 1. The summed E-state index contributed by atoms with van der Waals surface area (Å²) in [7, 11) is 3.88. The summed E-state index contributed by atoms with van der Waals surface area (Å²) in [6.07, 6.45) is 2.61. The molecule has 1 aromatic rings. The minimum absolute atomic E-state index is 0.399. The lowest BCUT2D eigenvalue weighted by molar-refractivity contribution is 0.193. The third-order valence-corrected chi connectivity index (χ3v) is 3.53. The van der Waals surface area contributed by atoms with Crippen LogP contribution in [0.25, 0.3) is 0 Å². The highest BCUT2D eigenvalue weighted by Gasteiger charge is 2.23. The van der Waals surface area contributed by atoms with Crippen molar-refractivity contribution >= 4 is 27.6 Å². The Labute approximate surface area is 103 Å². The van der Waals surface area contributed by atoms with Crippen LogP contribution in [0.5, 0.6) is 0 Å². The van der Waals surface area contributed by atoms with Crippen molar-refractivity contribution in [1.82, 2.24) is 9.97 Å². The fraction of sp³-hybridized carbons (Fsp3) is 0.600. The molecule has 88 valence electrons. The van der Waals surface area contributed by atoms with Gasteiger partial charge in [0.15, 0.2) is 0 Å². The Morgan fingerprint density at radius 3 is 3.00 bits per heavy atom. The lowest BCUT2D eigenvalue weighted by Crippen LogP contribution is -2.32. The second-order valence-corrected chi connectivity index (χ2v) is 4.53. The molecule has 1 aliphatic heterocycles. The van der Waals surface area contributed by atoms with Crippen LogP contribution in [-0.4, -0.2) is 43.3 Å². The van der Waals surface area contributed by atoms with E-state index < -0.39 is 0 Å². The summed E-state index contributed by atoms with van der Waals surface area (Å²) in [5.41, 5.74) is 0. The van der Waals surface area contributed by atoms with Crippen molar-refractivity contribution in [2.75, 3.05) is 37.5 Å². The van der Waals surface area contributed by atoms with Crippen molar-refractivity contribution < 1.29 is 4.74 Å². The van der Waals surface area contributed by atoms with Gasteiger partial charge in [-0.3, -0.25) is 0 Å². The van der Waals surface area contributed by atoms with Crippen LogP contribution in [0.4, 0.5) is 11.6 Å². The Kier molecular flexibility index (Phi) is 3.60. The maximum absolute atomic E-state index is 5.38. The second-order valence-electron chi connectivity index (χ2n) is 3.74. The Bertz CT molecular complexity index is 368. The van der Waals surface area contributed by atoms with Gasteiger partial charge in [-0.2, -0.15) is 0 Å². The third kappa shape index (κ3) is 2.12. The molecule has 1 saturated heterocycles. The van der Waals surface area contributed by atoms with Crippen LogP contribution >= 0.6 is 15.9 Å². The highest BCUT2D eigenvalue weighted by Crippen LogP contribution is 2.30. The van der Waals surface area contributed by atoms with Crippen LogP contribution in [0.15, 0.2) is 10.8 Å². The van der Waals surface area contributed by atoms with Crippen molar-refractivity contribution in [3.05, 3.63) is 10.8 Å². The minimum Gasteiger partial charge on any atom is -0.379 e. The van der Waals surface area contributed by atoms with Crippen LogP contribution in [-0.2, 0) is 4.74 Å². The van der Waals surface area contributed by atoms with Gasteiger partial charge in [0.2, 0.25) is 0 Å². The van der Waals surface area contributed by atoms with Gasteiger partial charge in [-0.25, -0.2) is 9.97 Å². The lowest BCUT2D eigenvalue weighted by Gasteiger charge is -2.25. The quantitative estimate of drug-likeness (QED) is 0.913. The minimum atomic E-state index is 0.399. The van der Waals surface area contributed by atoms with E-state index in [2.05, 4.69) is 36.1 Å². The molecule has 0 saturated carbocycles. The molecule has 1 N–H and O–H groups in total. The molecule has 1 unspecified atom stereocenters. The first-order valence-electron chi connectivity index (χ1n) is 5.23. The Morgan fingerprint density at radius 2 is 2.38 bits per heavy atom. The molecule has 0 amide bonds. The molecule has 0 radical (unpaired) electrons. The number of rotatable bonds is 3. The molecule has 1 aromatic heterocycles. The van der Waals surface area contributed by atoms with Crippen LogP contribution in [0.1, 0.15) is 6.42 Å². The van der Waals surface area contributed by atoms with Gasteiger partial charge < -0.3 is 15.0 Å². The normalized spacial score (nSPS) is 19.8. The molecular formula is C10H15BrN4O. The topological polar surface area (TPSA) is 50.3 Å². The molecule has 2 heterocycles. The predicted octanol–water partition coefficient (Wildman–Crippen LogP) is 1.51. The van der Waals surface area contributed by atoms with E-state index in [9.17, 15) is 0 Å². The second kappa shape index (κ2) is 4.97. The van der Waals surface area contributed by atoms with E-state index >= 15 is 0 Å². The van der Waals surface area contributed by atoms with E-state index in [1.54, 1.807) is 6.33 Å². The zero-order valence-electron chi connectivity index (χ0n) is 9.40. The van der Waals surface area contributed by atoms with Gasteiger partial charge >= 0.3 is 0 Å². The summed E-state index contributed by atoms with van der Waals surface area (Å²) in [4.78, 5) is 10.6. The van der Waals surface area contributed by atoms with Gasteiger partial charge in [0.25, 0.3) is 0 Å². The number of hydrogen-bond acceptors (Lipinski definition) is 5. The van der Waals surface area contributed by atoms with Crippen molar-refractivity contribution in [2.45, 2.75) is 12.5 Å². The Hall–Kier alpha value is -0.880. The van der Waals surface area contributed by atoms with Crippen molar-refractivity contribution in [1.29, 1.82) is 0 Å². The number of aromatic nitrogens is 2. The Morgan fingerprint density at radius 1 is 1.56 bits per heavy atom. The smallest absolute Gasteiger partial charge is 0.148 e. The molecule has 16 heavy (non-hydrogen) atoms. The van der Waals surface area contributed by atoms with E-state index in [0.717, 1.165) is 35.7 Å². The number of nitrogens with zero attached hydrogens (tertiary/aromatic N) is 3. The van der Waals surface area contributed by atoms with E-state index in [4.69, 9.17) is 4.74 Å².